The van der Waals surface area contributed by atoms with Gasteiger partial charge in [0.15, 0.2) is 5.78 Å². The van der Waals surface area contributed by atoms with Crippen LogP contribution in [0.5, 0.6) is 11.5 Å². The highest BCUT2D eigenvalue weighted by molar-refractivity contribution is 9.09. The molecule has 0 aliphatic rings. The topological polar surface area (TPSA) is 35.5 Å². The van der Waals surface area contributed by atoms with E-state index < -0.39 is 0 Å². The molecule has 130 valence electrons. The molecule has 0 fully saturated rings. The lowest BCUT2D eigenvalue weighted by Crippen LogP contribution is -2.06. The average Bonchev–Trinajstić information content (AvgIpc) is 2.59. The summed E-state index contributed by atoms with van der Waals surface area (Å²) in [6.45, 7) is 2.88. The number of hydrogen-bond donors (Lipinski definition) is 0. The molecule has 0 bridgehead atoms. The fourth-order valence-corrected chi connectivity index (χ4v) is 2.77. The number of carbonyl (C=O) groups excluding carboxylic acids is 1. The summed E-state index contributed by atoms with van der Waals surface area (Å²) in [5.41, 5.74) is 0.613. The maximum absolute atomic E-state index is 11.9. The molecule has 1 aromatic carbocycles. The van der Waals surface area contributed by atoms with Crippen LogP contribution in [0.3, 0.4) is 0 Å². The highest BCUT2D eigenvalue weighted by Gasteiger charge is 2.12. The van der Waals surface area contributed by atoms with Crippen molar-refractivity contribution in [1.82, 2.24) is 0 Å². The molecule has 0 amide bonds. The molecule has 0 N–H and O–H groups in total. The molecule has 0 aliphatic carbocycles. The first-order chi connectivity index (χ1) is 11.2. The number of rotatable bonds is 13. The van der Waals surface area contributed by atoms with Crippen molar-refractivity contribution in [2.24, 2.45) is 0 Å². The maximum Gasteiger partial charge on any atom is 0.177 e. The third-order valence-electron chi connectivity index (χ3n) is 3.87. The molecule has 0 heterocycles. The van der Waals surface area contributed by atoms with Crippen molar-refractivity contribution in [3.63, 3.8) is 0 Å². The van der Waals surface area contributed by atoms with Crippen molar-refractivity contribution >= 4 is 21.7 Å². The van der Waals surface area contributed by atoms with Gasteiger partial charge >= 0.3 is 0 Å². The van der Waals surface area contributed by atoms with Crippen LogP contribution >= 0.6 is 15.9 Å². The van der Waals surface area contributed by atoms with E-state index in [0.29, 0.717) is 29.0 Å². The molecule has 0 saturated carbocycles. The van der Waals surface area contributed by atoms with E-state index in [1.54, 1.807) is 25.3 Å². The molecule has 1 aromatic rings. The molecule has 0 radical (unpaired) electrons. The summed E-state index contributed by atoms with van der Waals surface area (Å²) in [6, 6.07) is 5.35. The summed E-state index contributed by atoms with van der Waals surface area (Å²) in [5, 5.41) is 0.299. The first kappa shape index (κ1) is 20.0. The Balaban J connectivity index is 2.34. The minimum atomic E-state index is 0.0265. The van der Waals surface area contributed by atoms with E-state index in [1.807, 2.05) is 0 Å². The monoisotopic (exact) mass is 384 g/mol. The van der Waals surface area contributed by atoms with Gasteiger partial charge in [-0.25, -0.2) is 0 Å². The van der Waals surface area contributed by atoms with Gasteiger partial charge in [-0.2, -0.15) is 0 Å². The minimum absolute atomic E-state index is 0.0265. The average molecular weight is 385 g/mol. The van der Waals surface area contributed by atoms with Gasteiger partial charge in [0.25, 0.3) is 0 Å². The lowest BCUT2D eigenvalue weighted by Gasteiger charge is -2.12. The van der Waals surface area contributed by atoms with Crippen LogP contribution < -0.4 is 9.47 Å². The molecule has 3 nitrogen and oxygen atoms in total. The van der Waals surface area contributed by atoms with E-state index in [4.69, 9.17) is 9.47 Å². The van der Waals surface area contributed by atoms with Gasteiger partial charge in [0.05, 0.1) is 24.6 Å². The van der Waals surface area contributed by atoms with Gasteiger partial charge in [0, 0.05) is 6.07 Å². The molecule has 0 aliphatic heterocycles. The molecule has 0 unspecified atom stereocenters. The normalized spacial score (nSPS) is 10.6. The van der Waals surface area contributed by atoms with Gasteiger partial charge in [-0.05, 0) is 18.6 Å². The molecule has 1 rings (SSSR count). The zero-order chi connectivity index (χ0) is 16.9. The Hall–Kier alpha value is -1.03. The Morgan fingerprint density at radius 3 is 2.30 bits per heavy atom. The minimum Gasteiger partial charge on any atom is -0.497 e. The summed E-state index contributed by atoms with van der Waals surface area (Å²) in [7, 11) is 1.61. The number of halogens is 1. The molecular formula is C19H29BrO3. The number of Topliss-reactive ketones (excluding diaryl/α,β-unsaturated/α-hetero) is 1. The van der Waals surface area contributed by atoms with Gasteiger partial charge < -0.3 is 9.47 Å². The van der Waals surface area contributed by atoms with Gasteiger partial charge in [-0.1, -0.05) is 67.8 Å². The van der Waals surface area contributed by atoms with Crippen molar-refractivity contribution in [2.75, 3.05) is 19.0 Å². The largest absolute Gasteiger partial charge is 0.497 e. The standard InChI is InChI=1S/C19H29BrO3/c1-3-4-5-6-7-8-9-10-13-23-19-14-16(22-2)11-12-17(19)18(21)15-20/h11-12,14H,3-10,13,15H2,1-2H3. The van der Waals surface area contributed by atoms with Crippen molar-refractivity contribution in [1.29, 1.82) is 0 Å². The van der Waals surface area contributed by atoms with E-state index >= 15 is 0 Å². The lowest BCUT2D eigenvalue weighted by atomic mass is 10.1. The molecule has 23 heavy (non-hydrogen) atoms. The summed E-state index contributed by atoms with van der Waals surface area (Å²) in [5.74, 6) is 1.36. The number of benzene rings is 1. The van der Waals surface area contributed by atoms with Crippen molar-refractivity contribution < 1.29 is 14.3 Å². The number of ether oxygens (including phenoxy) is 2. The first-order valence-electron chi connectivity index (χ1n) is 8.63. The van der Waals surface area contributed by atoms with Gasteiger partial charge in [-0.15, -0.1) is 0 Å². The highest BCUT2D eigenvalue weighted by Crippen LogP contribution is 2.26. The SMILES string of the molecule is CCCCCCCCCCOc1cc(OC)ccc1C(=O)CBr. The van der Waals surface area contributed by atoms with Crippen LogP contribution in [0.2, 0.25) is 0 Å². The third kappa shape index (κ3) is 7.87. The molecule has 0 aromatic heterocycles. The fourth-order valence-electron chi connectivity index (χ4n) is 2.47. The second-order valence-electron chi connectivity index (χ2n) is 5.74. The molecular weight excluding hydrogens is 356 g/mol. The number of carbonyl (C=O) groups is 1. The van der Waals surface area contributed by atoms with Gasteiger partial charge in [-0.3, -0.25) is 4.79 Å². The Morgan fingerprint density at radius 1 is 1.04 bits per heavy atom. The van der Waals surface area contributed by atoms with Crippen LogP contribution in [0.25, 0.3) is 0 Å². The van der Waals surface area contributed by atoms with E-state index in [0.717, 1.165) is 6.42 Å². The zero-order valence-corrected chi connectivity index (χ0v) is 16.0. The molecule has 4 heteroatoms. The van der Waals surface area contributed by atoms with Crippen LogP contribution in [0.4, 0.5) is 0 Å². The van der Waals surface area contributed by atoms with Crippen molar-refractivity contribution in [3.8, 4) is 11.5 Å². The number of alkyl halides is 1. The van der Waals surface area contributed by atoms with Gasteiger partial charge in [0.2, 0.25) is 0 Å². The van der Waals surface area contributed by atoms with Crippen LogP contribution in [0.15, 0.2) is 18.2 Å². The second-order valence-corrected chi connectivity index (χ2v) is 6.30. The van der Waals surface area contributed by atoms with E-state index in [1.165, 1.54) is 44.9 Å². The van der Waals surface area contributed by atoms with Crippen LogP contribution in [-0.4, -0.2) is 24.8 Å². The predicted octanol–water partition coefficient (Wildman–Crippen LogP) is 5.79. The molecule has 0 saturated heterocycles. The smallest absolute Gasteiger partial charge is 0.177 e. The first-order valence-corrected chi connectivity index (χ1v) is 9.75. The van der Waals surface area contributed by atoms with E-state index in [2.05, 4.69) is 22.9 Å². The van der Waals surface area contributed by atoms with Crippen LogP contribution in [-0.2, 0) is 0 Å². The maximum atomic E-state index is 11.9. The Labute approximate surface area is 148 Å². The number of methoxy groups -OCH3 is 1. The molecule has 0 spiro atoms. The van der Waals surface area contributed by atoms with Crippen LogP contribution in [0.1, 0.15) is 68.6 Å². The van der Waals surface area contributed by atoms with Crippen molar-refractivity contribution in [3.05, 3.63) is 23.8 Å². The fraction of sp³-hybridized carbons (Fsp3) is 0.632. The number of hydrogen-bond acceptors (Lipinski definition) is 3. The zero-order valence-electron chi connectivity index (χ0n) is 14.4. The quantitative estimate of drug-likeness (QED) is 0.245. The molecule has 0 atom stereocenters. The lowest BCUT2D eigenvalue weighted by molar-refractivity contribution is 0.101. The summed E-state index contributed by atoms with van der Waals surface area (Å²) in [4.78, 5) is 11.9. The predicted molar refractivity (Wildman–Crippen MR) is 99.2 cm³/mol. The van der Waals surface area contributed by atoms with Gasteiger partial charge in [0.1, 0.15) is 11.5 Å². The summed E-state index contributed by atoms with van der Waals surface area (Å²) in [6.07, 6.45) is 10.1. The van der Waals surface area contributed by atoms with E-state index in [-0.39, 0.29) is 5.78 Å². The Kier molecular flexibility index (Phi) is 10.8. The number of ketones is 1. The van der Waals surface area contributed by atoms with Crippen molar-refractivity contribution in [2.45, 2.75) is 58.3 Å². The van der Waals surface area contributed by atoms with E-state index in [9.17, 15) is 4.79 Å². The Bertz CT molecular complexity index is 460. The Morgan fingerprint density at radius 2 is 1.70 bits per heavy atom. The second kappa shape index (κ2) is 12.4. The number of unbranched alkanes of at least 4 members (excludes halogenated alkanes) is 7. The third-order valence-corrected chi connectivity index (χ3v) is 4.38. The summed E-state index contributed by atoms with van der Waals surface area (Å²) < 4.78 is 11.0. The highest BCUT2D eigenvalue weighted by atomic mass is 79.9. The van der Waals surface area contributed by atoms with Crippen LogP contribution in [0, 0.1) is 0 Å². The summed E-state index contributed by atoms with van der Waals surface area (Å²) >= 11 is 3.21.